The summed E-state index contributed by atoms with van der Waals surface area (Å²) in [6, 6.07) is 0. The van der Waals surface area contributed by atoms with Gasteiger partial charge in [-0.25, -0.2) is 8.78 Å². The van der Waals surface area contributed by atoms with Crippen molar-refractivity contribution in [2.75, 3.05) is 6.54 Å². The molecule has 1 fully saturated rings. The highest BCUT2D eigenvalue weighted by Crippen LogP contribution is 2.19. The van der Waals surface area contributed by atoms with Gasteiger partial charge in [-0.05, 0) is 12.8 Å². The molecule has 0 spiro atoms. The predicted octanol–water partition coefficient (Wildman–Crippen LogP) is 1.56. The van der Waals surface area contributed by atoms with Gasteiger partial charge in [0, 0.05) is 18.9 Å². The van der Waals surface area contributed by atoms with Crippen molar-refractivity contribution in [3.63, 3.8) is 0 Å². The van der Waals surface area contributed by atoms with Crippen molar-refractivity contribution in [2.45, 2.75) is 32.1 Å². The van der Waals surface area contributed by atoms with Crippen LogP contribution in [0.25, 0.3) is 0 Å². The Morgan fingerprint density at radius 2 is 2.25 bits per heavy atom. The van der Waals surface area contributed by atoms with Gasteiger partial charge in [0.05, 0.1) is 0 Å². The van der Waals surface area contributed by atoms with E-state index in [9.17, 15) is 13.6 Å². The third-order valence-corrected chi connectivity index (χ3v) is 2.11. The zero-order chi connectivity index (χ0) is 8.97. The molecule has 1 atom stereocenters. The minimum Gasteiger partial charge on any atom is -0.356 e. The number of rotatable bonds is 2. The monoisotopic (exact) mass is 177 g/mol. The molecule has 12 heavy (non-hydrogen) atoms. The first kappa shape index (κ1) is 9.42. The molecule has 1 rings (SSSR count). The molecule has 1 aliphatic rings. The minimum absolute atomic E-state index is 0.201. The lowest BCUT2D eigenvalue weighted by molar-refractivity contribution is -0.126. The molecule has 0 aliphatic carbocycles. The summed E-state index contributed by atoms with van der Waals surface area (Å²) in [7, 11) is 0. The van der Waals surface area contributed by atoms with Crippen molar-refractivity contribution < 1.29 is 13.6 Å². The average molecular weight is 177 g/mol. The number of halogens is 2. The van der Waals surface area contributed by atoms with Crippen LogP contribution >= 0.6 is 0 Å². The molecule has 1 heterocycles. The maximum atomic E-state index is 11.9. The quantitative estimate of drug-likeness (QED) is 0.681. The average Bonchev–Trinajstić information content (AvgIpc) is 2.16. The van der Waals surface area contributed by atoms with Gasteiger partial charge in [-0.3, -0.25) is 4.79 Å². The van der Waals surface area contributed by atoms with Crippen LogP contribution in [0, 0.1) is 5.92 Å². The summed E-state index contributed by atoms with van der Waals surface area (Å²) in [4.78, 5) is 11.1. The molecular formula is C8H13F2NO. The van der Waals surface area contributed by atoms with Gasteiger partial charge in [0.1, 0.15) is 0 Å². The smallest absolute Gasteiger partial charge is 0.239 e. The van der Waals surface area contributed by atoms with Gasteiger partial charge in [0.2, 0.25) is 12.3 Å². The summed E-state index contributed by atoms with van der Waals surface area (Å²) in [6.45, 7) is 0.637. The Morgan fingerprint density at radius 1 is 1.50 bits per heavy atom. The summed E-state index contributed by atoms with van der Waals surface area (Å²) in [5.41, 5.74) is 0. The number of alkyl halides is 2. The fourth-order valence-corrected chi connectivity index (χ4v) is 1.44. The summed E-state index contributed by atoms with van der Waals surface area (Å²) in [6.07, 6.45) is -0.261. The zero-order valence-corrected chi connectivity index (χ0v) is 6.85. The Bertz CT molecular complexity index is 161. The maximum absolute atomic E-state index is 11.9. The van der Waals surface area contributed by atoms with Crippen LogP contribution in [0.15, 0.2) is 0 Å². The van der Waals surface area contributed by atoms with Crippen LogP contribution in [0.4, 0.5) is 8.78 Å². The Balaban J connectivity index is 2.42. The van der Waals surface area contributed by atoms with Crippen LogP contribution in [0.5, 0.6) is 0 Å². The van der Waals surface area contributed by atoms with E-state index in [-0.39, 0.29) is 12.3 Å². The number of carbonyl (C=O) groups is 1. The maximum Gasteiger partial charge on any atom is 0.239 e. The van der Waals surface area contributed by atoms with Crippen LogP contribution in [0.3, 0.4) is 0 Å². The van der Waals surface area contributed by atoms with Crippen molar-refractivity contribution >= 4 is 5.91 Å². The highest BCUT2D eigenvalue weighted by Gasteiger charge is 2.23. The van der Waals surface area contributed by atoms with E-state index in [1.54, 1.807) is 0 Å². The molecule has 1 aliphatic heterocycles. The molecule has 1 saturated heterocycles. The molecule has 0 aromatic rings. The van der Waals surface area contributed by atoms with E-state index >= 15 is 0 Å². The number of hydrogen-bond donors (Lipinski definition) is 1. The summed E-state index contributed by atoms with van der Waals surface area (Å²) in [5, 5.41) is 2.63. The Hall–Kier alpha value is -0.670. The standard InChI is InChI=1S/C8H13F2NO/c9-7(10)5-6-3-1-2-4-11-8(6)12/h6-7H,1-5H2,(H,11,12). The van der Waals surface area contributed by atoms with Crippen LogP contribution < -0.4 is 5.32 Å². The van der Waals surface area contributed by atoms with Gasteiger partial charge in [-0.2, -0.15) is 0 Å². The fraction of sp³-hybridized carbons (Fsp3) is 0.875. The molecule has 0 aromatic carbocycles. The first-order valence-electron chi connectivity index (χ1n) is 4.26. The normalized spacial score (nSPS) is 25.2. The highest BCUT2D eigenvalue weighted by atomic mass is 19.3. The summed E-state index contributed by atoms with van der Waals surface area (Å²) >= 11 is 0. The third kappa shape index (κ3) is 2.75. The fourth-order valence-electron chi connectivity index (χ4n) is 1.44. The summed E-state index contributed by atoms with van der Waals surface area (Å²) < 4.78 is 23.9. The molecular weight excluding hydrogens is 164 g/mol. The molecule has 4 heteroatoms. The van der Waals surface area contributed by atoms with Crippen molar-refractivity contribution in [3.8, 4) is 0 Å². The zero-order valence-electron chi connectivity index (χ0n) is 6.85. The third-order valence-electron chi connectivity index (χ3n) is 2.11. The van der Waals surface area contributed by atoms with Gasteiger partial charge >= 0.3 is 0 Å². The predicted molar refractivity (Wildman–Crippen MR) is 41.0 cm³/mol. The van der Waals surface area contributed by atoms with Crippen molar-refractivity contribution in [3.05, 3.63) is 0 Å². The molecule has 0 saturated carbocycles. The first-order valence-corrected chi connectivity index (χ1v) is 4.26. The van der Waals surface area contributed by atoms with Gasteiger partial charge in [0.25, 0.3) is 0 Å². The Kier molecular flexibility index (Phi) is 3.44. The van der Waals surface area contributed by atoms with Gasteiger partial charge in [0.15, 0.2) is 0 Å². The molecule has 1 unspecified atom stereocenters. The van der Waals surface area contributed by atoms with Crippen molar-refractivity contribution in [1.82, 2.24) is 5.32 Å². The lowest BCUT2D eigenvalue weighted by atomic mass is 9.99. The van der Waals surface area contributed by atoms with E-state index in [0.29, 0.717) is 13.0 Å². The second kappa shape index (κ2) is 4.38. The first-order chi connectivity index (χ1) is 5.70. The molecule has 0 aromatic heterocycles. The van der Waals surface area contributed by atoms with E-state index in [0.717, 1.165) is 12.8 Å². The second-order valence-corrected chi connectivity index (χ2v) is 3.11. The molecule has 0 bridgehead atoms. The summed E-state index contributed by atoms with van der Waals surface area (Å²) in [5.74, 6) is -0.666. The Morgan fingerprint density at radius 3 is 2.92 bits per heavy atom. The number of nitrogens with one attached hydrogen (secondary N) is 1. The largest absolute Gasteiger partial charge is 0.356 e. The van der Waals surface area contributed by atoms with Crippen molar-refractivity contribution in [2.24, 2.45) is 5.92 Å². The van der Waals surface area contributed by atoms with E-state index in [2.05, 4.69) is 5.32 Å². The SMILES string of the molecule is O=C1NCCCCC1CC(F)F. The molecule has 70 valence electrons. The van der Waals surface area contributed by atoms with E-state index in [4.69, 9.17) is 0 Å². The minimum atomic E-state index is -2.36. The lowest BCUT2D eigenvalue weighted by Crippen LogP contribution is -2.29. The van der Waals surface area contributed by atoms with Gasteiger partial charge in [-0.1, -0.05) is 6.42 Å². The van der Waals surface area contributed by atoms with Crippen LogP contribution in [0.2, 0.25) is 0 Å². The number of hydrogen-bond acceptors (Lipinski definition) is 1. The molecule has 1 amide bonds. The molecule has 0 radical (unpaired) electrons. The van der Waals surface area contributed by atoms with E-state index in [1.807, 2.05) is 0 Å². The Labute approximate surface area is 70.3 Å². The molecule has 2 nitrogen and oxygen atoms in total. The number of amides is 1. The second-order valence-electron chi connectivity index (χ2n) is 3.11. The lowest BCUT2D eigenvalue weighted by Gasteiger charge is -2.11. The van der Waals surface area contributed by atoms with Crippen molar-refractivity contribution in [1.29, 1.82) is 0 Å². The number of carbonyl (C=O) groups excluding carboxylic acids is 1. The van der Waals surface area contributed by atoms with Gasteiger partial charge in [-0.15, -0.1) is 0 Å². The topological polar surface area (TPSA) is 29.1 Å². The molecule has 1 N–H and O–H groups in total. The van der Waals surface area contributed by atoms with Crippen LogP contribution in [-0.4, -0.2) is 18.9 Å². The van der Waals surface area contributed by atoms with Crippen LogP contribution in [0.1, 0.15) is 25.7 Å². The van der Waals surface area contributed by atoms with Gasteiger partial charge < -0.3 is 5.32 Å². The van der Waals surface area contributed by atoms with E-state index in [1.165, 1.54) is 0 Å². The van der Waals surface area contributed by atoms with Crippen LogP contribution in [-0.2, 0) is 4.79 Å². The van der Waals surface area contributed by atoms with E-state index < -0.39 is 12.3 Å². The highest BCUT2D eigenvalue weighted by molar-refractivity contribution is 5.78.